The van der Waals surface area contributed by atoms with Crippen LogP contribution < -0.4 is 10.1 Å². The molecule has 0 unspecified atom stereocenters. The number of nitrogens with zero attached hydrogens (tertiary/aromatic N) is 1. The second-order valence-corrected chi connectivity index (χ2v) is 5.20. The summed E-state index contributed by atoms with van der Waals surface area (Å²) in [6.45, 7) is 5.99. The molecule has 1 aromatic carbocycles. The zero-order valence-electron chi connectivity index (χ0n) is 12.3. The predicted octanol–water partition coefficient (Wildman–Crippen LogP) is 1.74. The zero-order valence-corrected chi connectivity index (χ0v) is 12.3. The number of benzene rings is 1. The highest BCUT2D eigenvalue weighted by atomic mass is 16.5. The van der Waals surface area contributed by atoms with Crippen molar-refractivity contribution in [2.75, 3.05) is 32.1 Å². The standard InChI is InChI=1S/C15H22N2O3/c1-11-8-17(9-12(2)20-11)10-15(18)16-13-6-4-5-7-14(13)19-3/h4-7,11-12H,8-10H2,1-3H3,(H,16,18)/t11-,12-/m0/s1. The molecule has 5 heteroatoms. The lowest BCUT2D eigenvalue weighted by molar-refractivity contribution is -0.121. The van der Waals surface area contributed by atoms with E-state index in [2.05, 4.69) is 10.2 Å². The van der Waals surface area contributed by atoms with E-state index in [-0.39, 0.29) is 18.1 Å². The van der Waals surface area contributed by atoms with Crippen LogP contribution in [0.25, 0.3) is 0 Å². The molecule has 2 atom stereocenters. The minimum atomic E-state index is -0.0317. The van der Waals surface area contributed by atoms with Crippen molar-refractivity contribution in [3.63, 3.8) is 0 Å². The van der Waals surface area contributed by atoms with E-state index in [9.17, 15) is 4.79 Å². The van der Waals surface area contributed by atoms with Gasteiger partial charge in [0.05, 0.1) is 31.5 Å². The van der Waals surface area contributed by atoms with Crippen molar-refractivity contribution in [3.05, 3.63) is 24.3 Å². The number of nitrogens with one attached hydrogen (secondary N) is 1. The molecule has 1 saturated heterocycles. The molecule has 0 saturated carbocycles. The van der Waals surface area contributed by atoms with Gasteiger partial charge in [-0.1, -0.05) is 12.1 Å². The smallest absolute Gasteiger partial charge is 0.238 e. The molecule has 20 heavy (non-hydrogen) atoms. The Bertz CT molecular complexity index is 454. The number of para-hydroxylation sites is 2. The summed E-state index contributed by atoms with van der Waals surface area (Å²) in [5.41, 5.74) is 0.703. The first kappa shape index (κ1) is 14.8. The first-order chi connectivity index (χ1) is 9.58. The highest BCUT2D eigenvalue weighted by Crippen LogP contribution is 2.23. The van der Waals surface area contributed by atoms with Crippen molar-refractivity contribution in [2.45, 2.75) is 26.1 Å². The number of anilines is 1. The molecule has 5 nitrogen and oxygen atoms in total. The van der Waals surface area contributed by atoms with Crippen LogP contribution in [-0.2, 0) is 9.53 Å². The molecule has 0 spiro atoms. The van der Waals surface area contributed by atoms with Crippen molar-refractivity contribution in [1.82, 2.24) is 4.90 Å². The Hall–Kier alpha value is -1.59. The first-order valence-corrected chi connectivity index (χ1v) is 6.89. The summed E-state index contributed by atoms with van der Waals surface area (Å²) in [6, 6.07) is 7.41. The van der Waals surface area contributed by atoms with E-state index >= 15 is 0 Å². The maximum Gasteiger partial charge on any atom is 0.238 e. The molecule has 0 bridgehead atoms. The number of methoxy groups -OCH3 is 1. The van der Waals surface area contributed by atoms with Crippen LogP contribution in [0.1, 0.15) is 13.8 Å². The lowest BCUT2D eigenvalue weighted by Gasteiger charge is -2.34. The number of hydrogen-bond donors (Lipinski definition) is 1. The van der Waals surface area contributed by atoms with E-state index in [4.69, 9.17) is 9.47 Å². The van der Waals surface area contributed by atoms with Crippen molar-refractivity contribution in [1.29, 1.82) is 0 Å². The molecule has 2 rings (SSSR count). The molecule has 0 aromatic heterocycles. The second kappa shape index (κ2) is 6.72. The third-order valence-corrected chi connectivity index (χ3v) is 3.24. The van der Waals surface area contributed by atoms with Crippen molar-refractivity contribution in [2.24, 2.45) is 0 Å². The Morgan fingerprint density at radius 2 is 2.00 bits per heavy atom. The van der Waals surface area contributed by atoms with Gasteiger partial charge in [-0.2, -0.15) is 0 Å². The zero-order chi connectivity index (χ0) is 14.5. The molecule has 1 heterocycles. The number of morpholine rings is 1. The number of amides is 1. The molecule has 0 radical (unpaired) electrons. The number of hydrogen-bond acceptors (Lipinski definition) is 4. The number of ether oxygens (including phenoxy) is 2. The molecule has 1 N–H and O–H groups in total. The molecule has 1 aromatic rings. The molecule has 1 amide bonds. The van der Waals surface area contributed by atoms with Gasteiger partial charge in [0.1, 0.15) is 5.75 Å². The van der Waals surface area contributed by atoms with Gasteiger partial charge in [0.2, 0.25) is 5.91 Å². The van der Waals surface area contributed by atoms with Crippen molar-refractivity contribution in [3.8, 4) is 5.75 Å². The Kier molecular flexibility index (Phi) is 4.98. The fraction of sp³-hybridized carbons (Fsp3) is 0.533. The summed E-state index contributed by atoms with van der Waals surface area (Å²) < 4.78 is 10.9. The van der Waals surface area contributed by atoms with E-state index in [0.29, 0.717) is 18.0 Å². The highest BCUT2D eigenvalue weighted by molar-refractivity contribution is 5.93. The molecule has 1 aliphatic heterocycles. The monoisotopic (exact) mass is 278 g/mol. The molecule has 0 aliphatic carbocycles. The van der Waals surface area contributed by atoms with Crippen LogP contribution in [0.2, 0.25) is 0 Å². The van der Waals surface area contributed by atoms with Crippen LogP contribution in [0.5, 0.6) is 5.75 Å². The normalized spacial score (nSPS) is 23.4. The van der Waals surface area contributed by atoms with Gasteiger partial charge in [0.15, 0.2) is 0 Å². The molecule has 1 fully saturated rings. The van der Waals surface area contributed by atoms with Crippen LogP contribution in [-0.4, -0.2) is 49.8 Å². The molecular formula is C15H22N2O3. The Morgan fingerprint density at radius 3 is 2.65 bits per heavy atom. The minimum Gasteiger partial charge on any atom is -0.495 e. The van der Waals surface area contributed by atoms with Crippen LogP contribution in [0.3, 0.4) is 0 Å². The average molecular weight is 278 g/mol. The topological polar surface area (TPSA) is 50.8 Å². The fourth-order valence-electron chi connectivity index (χ4n) is 2.55. The van der Waals surface area contributed by atoms with Gasteiger partial charge in [-0.25, -0.2) is 0 Å². The quantitative estimate of drug-likeness (QED) is 0.911. The maximum absolute atomic E-state index is 12.1. The summed E-state index contributed by atoms with van der Waals surface area (Å²) in [5.74, 6) is 0.639. The van der Waals surface area contributed by atoms with Gasteiger partial charge < -0.3 is 14.8 Å². The lowest BCUT2D eigenvalue weighted by atomic mass is 10.2. The van der Waals surface area contributed by atoms with Gasteiger partial charge in [-0.3, -0.25) is 9.69 Å². The summed E-state index contributed by atoms with van der Waals surface area (Å²) in [7, 11) is 1.59. The number of carbonyl (C=O) groups excluding carboxylic acids is 1. The SMILES string of the molecule is COc1ccccc1NC(=O)CN1C[C@H](C)O[C@@H](C)C1. The number of rotatable bonds is 4. The Morgan fingerprint density at radius 1 is 1.35 bits per heavy atom. The largest absolute Gasteiger partial charge is 0.495 e. The van der Waals surface area contributed by atoms with E-state index in [0.717, 1.165) is 13.1 Å². The van der Waals surface area contributed by atoms with Gasteiger partial charge in [0.25, 0.3) is 0 Å². The number of carbonyl (C=O) groups is 1. The molecule has 110 valence electrons. The van der Waals surface area contributed by atoms with Crippen molar-refractivity contribution < 1.29 is 14.3 Å². The highest BCUT2D eigenvalue weighted by Gasteiger charge is 2.23. The van der Waals surface area contributed by atoms with Gasteiger partial charge >= 0.3 is 0 Å². The fourth-order valence-corrected chi connectivity index (χ4v) is 2.55. The van der Waals surface area contributed by atoms with Gasteiger partial charge in [-0.15, -0.1) is 0 Å². The van der Waals surface area contributed by atoms with Crippen LogP contribution in [0.4, 0.5) is 5.69 Å². The lowest BCUT2D eigenvalue weighted by Crippen LogP contribution is -2.48. The first-order valence-electron chi connectivity index (χ1n) is 6.89. The summed E-state index contributed by atoms with van der Waals surface area (Å²) in [4.78, 5) is 14.2. The van der Waals surface area contributed by atoms with Gasteiger partial charge in [-0.05, 0) is 26.0 Å². The van der Waals surface area contributed by atoms with E-state index < -0.39 is 0 Å². The maximum atomic E-state index is 12.1. The van der Waals surface area contributed by atoms with Gasteiger partial charge in [0, 0.05) is 13.1 Å². The van der Waals surface area contributed by atoms with Crippen LogP contribution in [0, 0.1) is 0 Å². The molecule has 1 aliphatic rings. The predicted molar refractivity (Wildman–Crippen MR) is 78.1 cm³/mol. The summed E-state index contributed by atoms with van der Waals surface area (Å²) >= 11 is 0. The second-order valence-electron chi connectivity index (χ2n) is 5.20. The average Bonchev–Trinajstić information content (AvgIpc) is 2.37. The van der Waals surface area contributed by atoms with Crippen LogP contribution >= 0.6 is 0 Å². The third kappa shape index (κ3) is 3.95. The Labute approximate surface area is 119 Å². The summed E-state index contributed by atoms with van der Waals surface area (Å²) in [5, 5.41) is 2.89. The summed E-state index contributed by atoms with van der Waals surface area (Å²) in [6.07, 6.45) is 0.329. The Balaban J connectivity index is 1.92. The van der Waals surface area contributed by atoms with Crippen LogP contribution in [0.15, 0.2) is 24.3 Å². The van der Waals surface area contributed by atoms with E-state index in [1.165, 1.54) is 0 Å². The third-order valence-electron chi connectivity index (χ3n) is 3.24. The minimum absolute atomic E-state index is 0.0317. The van der Waals surface area contributed by atoms with Crippen molar-refractivity contribution >= 4 is 11.6 Å². The van der Waals surface area contributed by atoms with E-state index in [1.54, 1.807) is 7.11 Å². The molecular weight excluding hydrogens is 256 g/mol. The van der Waals surface area contributed by atoms with E-state index in [1.807, 2.05) is 38.1 Å².